The van der Waals surface area contributed by atoms with E-state index in [1.807, 2.05) is 18.2 Å². The number of ether oxygens (including phenoxy) is 1. The van der Waals surface area contributed by atoms with Gasteiger partial charge in [-0.25, -0.2) is 0 Å². The zero-order chi connectivity index (χ0) is 16.7. The first kappa shape index (κ1) is 17.5. The lowest BCUT2D eigenvalue weighted by molar-refractivity contribution is -0.136. The second kappa shape index (κ2) is 8.67. The first-order valence-electron chi connectivity index (χ1n) is 8.32. The van der Waals surface area contributed by atoms with Crippen LogP contribution < -0.4 is 10.6 Å². The number of carbonyl (C=O) groups is 2. The molecule has 0 aromatic heterocycles. The van der Waals surface area contributed by atoms with Crippen molar-refractivity contribution in [2.75, 3.05) is 12.4 Å². The Labute approximate surface area is 137 Å². The van der Waals surface area contributed by atoms with Gasteiger partial charge in [0.05, 0.1) is 6.61 Å². The van der Waals surface area contributed by atoms with Gasteiger partial charge in [-0.3, -0.25) is 9.59 Å². The average molecular weight is 318 g/mol. The van der Waals surface area contributed by atoms with Crippen LogP contribution >= 0.6 is 0 Å². The van der Waals surface area contributed by atoms with Gasteiger partial charge >= 0.3 is 11.8 Å². The van der Waals surface area contributed by atoms with Crippen LogP contribution in [0.2, 0.25) is 0 Å². The number of hydrogen-bond acceptors (Lipinski definition) is 3. The van der Waals surface area contributed by atoms with Crippen LogP contribution in [0.5, 0.6) is 0 Å². The molecule has 2 N–H and O–H groups in total. The summed E-state index contributed by atoms with van der Waals surface area (Å²) in [4.78, 5) is 24.1. The van der Waals surface area contributed by atoms with E-state index in [1.165, 1.54) is 6.42 Å². The molecule has 23 heavy (non-hydrogen) atoms. The molecule has 0 radical (unpaired) electrons. The van der Waals surface area contributed by atoms with E-state index in [1.54, 1.807) is 13.2 Å². The largest absolute Gasteiger partial charge is 0.380 e. The normalized spacial score (nSPS) is 20.8. The van der Waals surface area contributed by atoms with Gasteiger partial charge in [-0.15, -0.1) is 0 Å². The van der Waals surface area contributed by atoms with Gasteiger partial charge < -0.3 is 15.4 Å². The minimum Gasteiger partial charge on any atom is -0.380 e. The van der Waals surface area contributed by atoms with Crippen molar-refractivity contribution in [1.29, 1.82) is 0 Å². The van der Waals surface area contributed by atoms with E-state index in [0.717, 1.165) is 31.2 Å². The SMILES string of the molecule is CC[C@H]1CCC[C@@H](NC(=O)C(=O)Nc2cccc(COC)c2)C1. The third-order valence-electron chi connectivity index (χ3n) is 4.40. The van der Waals surface area contributed by atoms with E-state index in [9.17, 15) is 9.59 Å². The van der Waals surface area contributed by atoms with Gasteiger partial charge in [0.25, 0.3) is 0 Å². The van der Waals surface area contributed by atoms with E-state index in [4.69, 9.17) is 4.74 Å². The molecule has 1 saturated carbocycles. The van der Waals surface area contributed by atoms with Crippen LogP contribution in [0.4, 0.5) is 5.69 Å². The summed E-state index contributed by atoms with van der Waals surface area (Å²) in [7, 11) is 1.62. The fraction of sp³-hybridized carbons (Fsp3) is 0.556. The predicted octanol–water partition coefficient (Wildman–Crippen LogP) is 2.86. The van der Waals surface area contributed by atoms with Gasteiger partial charge in [-0.2, -0.15) is 0 Å². The molecule has 1 aliphatic carbocycles. The zero-order valence-electron chi connectivity index (χ0n) is 13.9. The van der Waals surface area contributed by atoms with E-state index in [0.29, 0.717) is 18.2 Å². The molecule has 126 valence electrons. The molecule has 0 unspecified atom stereocenters. The summed E-state index contributed by atoms with van der Waals surface area (Å²) in [5, 5.41) is 5.52. The number of carbonyl (C=O) groups excluding carboxylic acids is 2. The Hall–Kier alpha value is -1.88. The van der Waals surface area contributed by atoms with Crippen LogP contribution in [0.3, 0.4) is 0 Å². The zero-order valence-corrected chi connectivity index (χ0v) is 13.9. The Morgan fingerprint density at radius 2 is 2.09 bits per heavy atom. The maximum Gasteiger partial charge on any atom is 0.313 e. The topological polar surface area (TPSA) is 67.4 Å². The Morgan fingerprint density at radius 3 is 2.83 bits per heavy atom. The molecule has 1 aromatic rings. The Bertz CT molecular complexity index is 545. The smallest absolute Gasteiger partial charge is 0.313 e. The molecule has 0 aliphatic heterocycles. The minimum absolute atomic E-state index is 0.117. The van der Waals surface area contributed by atoms with Crippen molar-refractivity contribution in [2.24, 2.45) is 5.92 Å². The molecule has 0 heterocycles. The number of hydrogen-bond donors (Lipinski definition) is 2. The van der Waals surface area contributed by atoms with Crippen LogP contribution in [0.25, 0.3) is 0 Å². The molecule has 1 aliphatic rings. The monoisotopic (exact) mass is 318 g/mol. The van der Waals surface area contributed by atoms with E-state index < -0.39 is 11.8 Å². The van der Waals surface area contributed by atoms with Gasteiger partial charge in [-0.1, -0.05) is 38.3 Å². The molecule has 1 aromatic carbocycles. The molecule has 1 fully saturated rings. The summed E-state index contributed by atoms with van der Waals surface area (Å²) in [5.41, 5.74) is 1.55. The molecule has 0 saturated heterocycles. The molecular formula is C18H26N2O3. The van der Waals surface area contributed by atoms with Crippen molar-refractivity contribution in [3.8, 4) is 0 Å². The predicted molar refractivity (Wildman–Crippen MR) is 90.0 cm³/mol. The molecule has 5 heteroatoms. The van der Waals surface area contributed by atoms with Crippen molar-refractivity contribution >= 4 is 17.5 Å². The lowest BCUT2D eigenvalue weighted by Crippen LogP contribution is -2.43. The highest BCUT2D eigenvalue weighted by Crippen LogP contribution is 2.26. The van der Waals surface area contributed by atoms with Crippen LogP contribution in [-0.4, -0.2) is 25.0 Å². The van der Waals surface area contributed by atoms with Crippen LogP contribution in [0.1, 0.15) is 44.6 Å². The lowest BCUT2D eigenvalue weighted by atomic mass is 9.84. The van der Waals surface area contributed by atoms with Crippen LogP contribution in [-0.2, 0) is 20.9 Å². The average Bonchev–Trinajstić information content (AvgIpc) is 2.55. The van der Waals surface area contributed by atoms with E-state index in [2.05, 4.69) is 17.6 Å². The molecule has 2 atom stereocenters. The molecule has 2 rings (SSSR count). The maximum atomic E-state index is 12.1. The summed E-state index contributed by atoms with van der Waals surface area (Å²) in [6.07, 6.45) is 5.40. The number of nitrogens with one attached hydrogen (secondary N) is 2. The Kier molecular flexibility index (Phi) is 6.59. The molecule has 5 nitrogen and oxygen atoms in total. The van der Waals surface area contributed by atoms with Crippen molar-refractivity contribution in [3.05, 3.63) is 29.8 Å². The highest BCUT2D eigenvalue weighted by Gasteiger charge is 2.24. The summed E-state index contributed by atoms with van der Waals surface area (Å²) in [5.74, 6) is -0.509. The number of rotatable bonds is 5. The van der Waals surface area contributed by atoms with Gasteiger partial charge in [0.1, 0.15) is 0 Å². The van der Waals surface area contributed by atoms with Crippen LogP contribution in [0.15, 0.2) is 24.3 Å². The third kappa shape index (κ3) is 5.36. The highest BCUT2D eigenvalue weighted by atomic mass is 16.5. The van der Waals surface area contributed by atoms with Gasteiger partial charge in [0.15, 0.2) is 0 Å². The van der Waals surface area contributed by atoms with Crippen molar-refractivity contribution in [3.63, 3.8) is 0 Å². The van der Waals surface area contributed by atoms with E-state index in [-0.39, 0.29) is 6.04 Å². The second-order valence-electron chi connectivity index (χ2n) is 6.20. The first-order chi connectivity index (χ1) is 11.1. The standard InChI is InChI=1S/C18H26N2O3/c1-3-13-6-4-8-15(10-13)19-17(21)18(22)20-16-9-5-7-14(11-16)12-23-2/h5,7,9,11,13,15H,3-4,6,8,10,12H2,1-2H3,(H,19,21)(H,20,22)/t13-,15+/m0/s1. The third-order valence-corrected chi connectivity index (χ3v) is 4.40. The fourth-order valence-electron chi connectivity index (χ4n) is 3.14. The Morgan fingerprint density at radius 1 is 1.26 bits per heavy atom. The number of anilines is 1. The lowest BCUT2D eigenvalue weighted by Gasteiger charge is -2.28. The summed E-state index contributed by atoms with van der Waals surface area (Å²) >= 11 is 0. The highest BCUT2D eigenvalue weighted by molar-refractivity contribution is 6.39. The quantitative estimate of drug-likeness (QED) is 0.820. The van der Waals surface area contributed by atoms with Crippen LogP contribution in [0, 0.1) is 5.92 Å². The van der Waals surface area contributed by atoms with Crippen molar-refractivity contribution < 1.29 is 14.3 Å². The number of amides is 2. The fourth-order valence-corrected chi connectivity index (χ4v) is 3.14. The van der Waals surface area contributed by atoms with Gasteiger partial charge in [-0.05, 0) is 36.5 Å². The minimum atomic E-state index is -0.613. The van der Waals surface area contributed by atoms with Gasteiger partial charge in [0, 0.05) is 18.8 Å². The number of methoxy groups -OCH3 is 1. The molecule has 0 bridgehead atoms. The molecular weight excluding hydrogens is 292 g/mol. The van der Waals surface area contributed by atoms with E-state index >= 15 is 0 Å². The maximum absolute atomic E-state index is 12.1. The molecule has 0 spiro atoms. The summed E-state index contributed by atoms with van der Waals surface area (Å²) in [6, 6.07) is 7.42. The first-order valence-corrected chi connectivity index (χ1v) is 8.32. The molecule has 2 amide bonds. The van der Waals surface area contributed by atoms with Gasteiger partial charge in [0.2, 0.25) is 0 Å². The Balaban J connectivity index is 1.87. The second-order valence-corrected chi connectivity index (χ2v) is 6.20. The van der Waals surface area contributed by atoms with Crippen molar-refractivity contribution in [2.45, 2.75) is 51.7 Å². The van der Waals surface area contributed by atoms with Crippen molar-refractivity contribution in [1.82, 2.24) is 5.32 Å². The summed E-state index contributed by atoms with van der Waals surface area (Å²) < 4.78 is 5.06. The summed E-state index contributed by atoms with van der Waals surface area (Å²) in [6.45, 7) is 2.64. The number of benzene rings is 1.